The molecule has 0 aliphatic carbocycles. The maximum absolute atomic E-state index is 12.8. The summed E-state index contributed by atoms with van der Waals surface area (Å²) in [5.74, 6) is -0.190. The molecule has 0 saturated heterocycles. The highest BCUT2D eigenvalue weighted by atomic mass is 31.2. The zero-order valence-corrected chi connectivity index (χ0v) is 35.9. The highest BCUT2D eigenvalue weighted by Crippen LogP contribution is 2.43. The predicted molar refractivity (Wildman–Crippen MR) is 226 cm³/mol. The second-order valence-electron chi connectivity index (χ2n) is 15.6. The first-order valence-electron chi connectivity index (χ1n) is 22.8. The number of hydrogen-bond acceptors (Lipinski definition) is 6. The summed E-state index contributed by atoms with van der Waals surface area (Å²) < 4.78 is 22.1. The van der Waals surface area contributed by atoms with Crippen molar-refractivity contribution in [2.24, 2.45) is 5.73 Å². The van der Waals surface area contributed by atoms with Gasteiger partial charge in [0, 0.05) is 13.0 Å². The molecule has 3 atom stereocenters. The lowest BCUT2D eigenvalue weighted by atomic mass is 10.0. The molecule has 0 aromatic heterocycles. The summed E-state index contributed by atoms with van der Waals surface area (Å²) in [5, 5.41) is 13.7. The molecule has 0 radical (unpaired) electrons. The molecular weight excluding hydrogens is 683 g/mol. The lowest BCUT2D eigenvalue weighted by Crippen LogP contribution is -2.45. The van der Waals surface area contributed by atoms with Gasteiger partial charge >= 0.3 is 7.82 Å². The first kappa shape index (κ1) is 52.2. The van der Waals surface area contributed by atoms with Crippen LogP contribution in [0.1, 0.15) is 232 Å². The van der Waals surface area contributed by atoms with Gasteiger partial charge in [-0.05, 0) is 19.3 Å². The molecule has 0 rings (SSSR count). The maximum Gasteiger partial charge on any atom is 0.472 e. The van der Waals surface area contributed by atoms with E-state index in [-0.39, 0.29) is 25.7 Å². The monoisotopic (exact) mass is 773 g/mol. The number of amides is 1. The summed E-state index contributed by atoms with van der Waals surface area (Å²) in [6.45, 7) is 4.16. The van der Waals surface area contributed by atoms with Crippen LogP contribution in [0.15, 0.2) is 12.2 Å². The van der Waals surface area contributed by atoms with Gasteiger partial charge in [-0.1, -0.05) is 219 Å². The summed E-state index contributed by atoms with van der Waals surface area (Å²) in [4.78, 5) is 22.7. The van der Waals surface area contributed by atoms with Crippen molar-refractivity contribution in [2.75, 3.05) is 19.8 Å². The minimum Gasteiger partial charge on any atom is -0.387 e. The topological polar surface area (TPSA) is 131 Å². The Labute approximate surface area is 328 Å². The van der Waals surface area contributed by atoms with Crippen molar-refractivity contribution in [1.29, 1.82) is 0 Å². The van der Waals surface area contributed by atoms with Gasteiger partial charge in [-0.25, -0.2) is 4.57 Å². The van der Waals surface area contributed by atoms with Crippen molar-refractivity contribution < 1.29 is 28.4 Å². The Hall–Kier alpha value is -0.760. The van der Waals surface area contributed by atoms with Gasteiger partial charge in [0.2, 0.25) is 5.91 Å². The molecular formula is C44H89N2O6P. The van der Waals surface area contributed by atoms with E-state index in [2.05, 4.69) is 19.2 Å². The first-order valence-corrected chi connectivity index (χ1v) is 24.3. The average Bonchev–Trinajstić information content (AvgIpc) is 3.14. The van der Waals surface area contributed by atoms with Gasteiger partial charge in [0.25, 0.3) is 0 Å². The Morgan fingerprint density at radius 2 is 0.962 bits per heavy atom. The van der Waals surface area contributed by atoms with Crippen LogP contribution in [0.3, 0.4) is 0 Å². The van der Waals surface area contributed by atoms with Crippen molar-refractivity contribution in [2.45, 2.75) is 244 Å². The Balaban J connectivity index is 4.13. The number of carbonyl (C=O) groups is 1. The van der Waals surface area contributed by atoms with Crippen molar-refractivity contribution in [3.63, 3.8) is 0 Å². The van der Waals surface area contributed by atoms with Gasteiger partial charge < -0.3 is 21.1 Å². The number of unbranched alkanes of at least 4 members (excludes halogenated alkanes) is 31. The zero-order valence-electron chi connectivity index (χ0n) is 35.0. The van der Waals surface area contributed by atoms with Gasteiger partial charge in [0.05, 0.1) is 25.4 Å². The molecule has 0 spiro atoms. The third-order valence-electron chi connectivity index (χ3n) is 10.4. The summed E-state index contributed by atoms with van der Waals surface area (Å²) in [5.41, 5.74) is 5.38. The van der Waals surface area contributed by atoms with Crippen LogP contribution in [0.4, 0.5) is 0 Å². The fraction of sp³-hybridized carbons (Fsp3) is 0.932. The number of aliphatic hydroxyl groups is 1. The van der Waals surface area contributed by atoms with E-state index < -0.39 is 20.0 Å². The number of carbonyl (C=O) groups excluding carboxylic acids is 1. The number of allylic oxidation sites excluding steroid dienone is 1. The van der Waals surface area contributed by atoms with Crippen LogP contribution in [-0.2, 0) is 18.4 Å². The fourth-order valence-electron chi connectivity index (χ4n) is 6.90. The van der Waals surface area contributed by atoms with Crippen LogP contribution in [0.25, 0.3) is 0 Å². The molecule has 1 amide bonds. The van der Waals surface area contributed by atoms with E-state index >= 15 is 0 Å². The molecule has 0 heterocycles. The van der Waals surface area contributed by atoms with E-state index in [1.54, 1.807) is 6.08 Å². The Bertz CT molecular complexity index is 845. The number of nitrogens with one attached hydrogen (secondary N) is 1. The number of nitrogens with two attached hydrogens (primary N) is 1. The van der Waals surface area contributed by atoms with E-state index in [1.807, 2.05) is 6.08 Å². The van der Waals surface area contributed by atoms with Crippen LogP contribution in [0.2, 0.25) is 0 Å². The fourth-order valence-corrected chi connectivity index (χ4v) is 7.66. The average molecular weight is 773 g/mol. The van der Waals surface area contributed by atoms with Crippen LogP contribution >= 0.6 is 7.82 Å². The van der Waals surface area contributed by atoms with E-state index in [0.717, 1.165) is 38.5 Å². The van der Waals surface area contributed by atoms with Crippen LogP contribution in [-0.4, -0.2) is 47.8 Å². The molecule has 9 heteroatoms. The Morgan fingerprint density at radius 1 is 0.604 bits per heavy atom. The maximum atomic E-state index is 12.8. The van der Waals surface area contributed by atoms with Crippen molar-refractivity contribution in [3.8, 4) is 0 Å². The minimum atomic E-state index is -4.33. The molecule has 0 aliphatic heterocycles. The Morgan fingerprint density at radius 3 is 1.34 bits per heavy atom. The third-order valence-corrected chi connectivity index (χ3v) is 11.3. The molecule has 0 fully saturated rings. The lowest BCUT2D eigenvalue weighted by molar-refractivity contribution is -0.123. The van der Waals surface area contributed by atoms with Gasteiger partial charge in [-0.2, -0.15) is 0 Å². The smallest absolute Gasteiger partial charge is 0.387 e. The lowest BCUT2D eigenvalue weighted by Gasteiger charge is -2.23. The quantitative estimate of drug-likeness (QED) is 0.0276. The van der Waals surface area contributed by atoms with E-state index in [1.165, 1.54) is 173 Å². The molecule has 0 aromatic carbocycles. The Kier molecular flexibility index (Phi) is 40.3. The number of rotatable bonds is 43. The summed E-state index contributed by atoms with van der Waals surface area (Å²) in [6.07, 6.45) is 45.4. The number of phosphoric ester groups is 1. The minimum absolute atomic E-state index is 0.0814. The predicted octanol–water partition coefficient (Wildman–Crippen LogP) is 12.8. The van der Waals surface area contributed by atoms with E-state index in [0.29, 0.717) is 6.42 Å². The van der Waals surface area contributed by atoms with E-state index in [4.69, 9.17) is 14.8 Å². The molecule has 0 aromatic rings. The van der Waals surface area contributed by atoms with Crippen molar-refractivity contribution in [3.05, 3.63) is 12.2 Å². The molecule has 8 nitrogen and oxygen atoms in total. The van der Waals surface area contributed by atoms with Crippen LogP contribution in [0, 0.1) is 0 Å². The normalized spacial score (nSPS) is 14.1. The van der Waals surface area contributed by atoms with Gasteiger partial charge in [-0.3, -0.25) is 13.8 Å². The molecule has 316 valence electrons. The SMILES string of the molecule is CCCCCCCCCCCCCCC/C=C/[C@@H](O)[C@H](COP(=O)(O)OCCN)NC(=O)CCCCCCCCCCCCCCCCCCCCC. The molecule has 0 saturated carbocycles. The first-order chi connectivity index (χ1) is 25.9. The summed E-state index contributed by atoms with van der Waals surface area (Å²) in [7, 11) is -4.33. The van der Waals surface area contributed by atoms with Crippen LogP contribution in [0.5, 0.6) is 0 Å². The highest BCUT2D eigenvalue weighted by Gasteiger charge is 2.26. The molecule has 53 heavy (non-hydrogen) atoms. The zero-order chi connectivity index (χ0) is 38.9. The van der Waals surface area contributed by atoms with E-state index in [9.17, 15) is 19.4 Å². The molecule has 1 unspecified atom stereocenters. The molecule has 0 bridgehead atoms. The van der Waals surface area contributed by atoms with Gasteiger partial charge in [0.15, 0.2) is 0 Å². The van der Waals surface area contributed by atoms with Gasteiger partial charge in [0.1, 0.15) is 0 Å². The highest BCUT2D eigenvalue weighted by molar-refractivity contribution is 7.47. The molecule has 0 aliphatic rings. The van der Waals surface area contributed by atoms with Crippen molar-refractivity contribution in [1.82, 2.24) is 5.32 Å². The molecule has 5 N–H and O–H groups in total. The number of phosphoric acid groups is 1. The van der Waals surface area contributed by atoms with Gasteiger partial charge in [-0.15, -0.1) is 0 Å². The number of aliphatic hydroxyl groups excluding tert-OH is 1. The summed E-state index contributed by atoms with van der Waals surface area (Å²) in [6, 6.07) is -0.854. The third kappa shape index (κ3) is 39.3. The number of hydrogen-bond donors (Lipinski definition) is 4. The second-order valence-corrected chi connectivity index (χ2v) is 17.1. The largest absolute Gasteiger partial charge is 0.472 e. The van der Waals surface area contributed by atoms with Crippen LogP contribution < -0.4 is 11.1 Å². The van der Waals surface area contributed by atoms with Crippen molar-refractivity contribution >= 4 is 13.7 Å². The summed E-state index contributed by atoms with van der Waals surface area (Å²) >= 11 is 0. The second kappa shape index (κ2) is 40.9. The standard InChI is InChI=1S/C44H89N2O6P/c1-3-5-7-9-11-13-15-17-19-20-21-22-24-26-28-30-32-34-36-38-44(48)46-42(41-52-53(49,50)51-40-39-45)43(47)37-35-33-31-29-27-25-23-18-16-14-12-10-8-6-4-2/h35,37,42-43,47H,3-34,36,38-41,45H2,1-2H3,(H,46,48)(H,49,50)/b37-35+/t42-,43+/m0/s1.